The molecule has 2 heterocycles. The third-order valence-corrected chi connectivity index (χ3v) is 6.16. The van der Waals surface area contributed by atoms with Crippen molar-refractivity contribution < 1.29 is 13.2 Å². The monoisotopic (exact) mass is 319 g/mol. The summed E-state index contributed by atoms with van der Waals surface area (Å²) < 4.78 is 32.8. The number of hydrogen-bond acceptors (Lipinski definition) is 5. The summed E-state index contributed by atoms with van der Waals surface area (Å²) in [5, 5.41) is 2.73. The van der Waals surface area contributed by atoms with Crippen LogP contribution >= 0.6 is 0 Å². The molecule has 2 saturated heterocycles. The van der Waals surface area contributed by atoms with E-state index in [1.165, 1.54) is 12.8 Å². The quantitative estimate of drug-likeness (QED) is 0.624. The summed E-state index contributed by atoms with van der Waals surface area (Å²) in [5.41, 5.74) is 0. The Balaban J connectivity index is 1.73. The van der Waals surface area contributed by atoms with E-state index in [1.807, 2.05) is 0 Å². The number of ether oxygens (including phenoxy) is 1. The Bertz CT molecular complexity index is 416. The van der Waals surface area contributed by atoms with E-state index in [1.54, 1.807) is 6.92 Å². The molecule has 0 aliphatic carbocycles. The molecule has 2 fully saturated rings. The molecule has 2 aliphatic heterocycles. The highest BCUT2D eigenvalue weighted by Crippen LogP contribution is 2.22. The Morgan fingerprint density at radius 1 is 1.43 bits per heavy atom. The van der Waals surface area contributed by atoms with E-state index in [0.717, 1.165) is 32.7 Å². The summed E-state index contributed by atoms with van der Waals surface area (Å²) in [5.74, 6) is 0. The van der Waals surface area contributed by atoms with Gasteiger partial charge in [-0.1, -0.05) is 6.92 Å². The predicted octanol–water partition coefficient (Wildman–Crippen LogP) is 0.157. The lowest BCUT2D eigenvalue weighted by Gasteiger charge is -2.35. The average molecular weight is 319 g/mol. The zero-order valence-corrected chi connectivity index (χ0v) is 14.0. The Morgan fingerprint density at radius 2 is 2.24 bits per heavy atom. The number of morpholine rings is 1. The molecule has 3 atom stereocenters. The molecule has 21 heavy (non-hydrogen) atoms. The molecule has 0 radical (unpaired) electrons. The molecule has 0 amide bonds. The van der Waals surface area contributed by atoms with Gasteiger partial charge >= 0.3 is 0 Å². The van der Waals surface area contributed by atoms with Crippen molar-refractivity contribution in [2.24, 2.45) is 0 Å². The van der Waals surface area contributed by atoms with E-state index >= 15 is 0 Å². The zero-order valence-electron chi connectivity index (χ0n) is 13.2. The van der Waals surface area contributed by atoms with Crippen LogP contribution in [0, 0.1) is 0 Å². The molecule has 0 aromatic rings. The molecule has 2 rings (SSSR count). The molecule has 0 aromatic heterocycles. The molecular formula is C14H29N3O3S. The maximum absolute atomic E-state index is 12.2. The summed E-state index contributed by atoms with van der Waals surface area (Å²) in [4.78, 5) is 2.43. The van der Waals surface area contributed by atoms with Crippen LogP contribution in [-0.4, -0.2) is 70.0 Å². The molecule has 0 spiro atoms. The standard InChI is InChI=1S/C14H29N3O3S/c1-3-6-15-8-12(2)21(18,19)16-9-14-10-17-7-4-5-13(17)11-20-14/h12-16H,3-11H2,1-2H3. The fraction of sp³-hybridized carbons (Fsp3) is 1.00. The summed E-state index contributed by atoms with van der Waals surface area (Å²) in [6.45, 7) is 8.22. The molecule has 7 heteroatoms. The minimum atomic E-state index is -3.27. The molecule has 3 unspecified atom stereocenters. The SMILES string of the molecule is CCCNCC(C)S(=O)(=O)NCC1CN2CCCC2CO1. The van der Waals surface area contributed by atoms with E-state index in [-0.39, 0.29) is 6.10 Å². The second-order valence-corrected chi connectivity index (χ2v) is 8.34. The minimum absolute atomic E-state index is 0.0232. The smallest absolute Gasteiger partial charge is 0.215 e. The normalized spacial score (nSPS) is 28.5. The number of hydrogen-bond donors (Lipinski definition) is 2. The lowest BCUT2D eigenvalue weighted by Crippen LogP contribution is -2.51. The second-order valence-electron chi connectivity index (χ2n) is 6.15. The maximum atomic E-state index is 12.2. The van der Waals surface area contributed by atoms with Crippen molar-refractivity contribution >= 4 is 10.0 Å². The van der Waals surface area contributed by atoms with Crippen LogP contribution in [0.4, 0.5) is 0 Å². The van der Waals surface area contributed by atoms with Gasteiger partial charge in [0.1, 0.15) is 0 Å². The van der Waals surface area contributed by atoms with Crippen molar-refractivity contribution in [2.45, 2.75) is 50.5 Å². The lowest BCUT2D eigenvalue weighted by molar-refractivity contribution is -0.0449. The third kappa shape index (κ3) is 4.89. The first-order valence-electron chi connectivity index (χ1n) is 8.07. The number of nitrogens with zero attached hydrogens (tertiary/aromatic N) is 1. The summed E-state index contributed by atoms with van der Waals surface area (Å²) in [7, 11) is -3.27. The second kappa shape index (κ2) is 7.87. The van der Waals surface area contributed by atoms with Gasteiger partial charge in [0.25, 0.3) is 0 Å². The predicted molar refractivity (Wildman–Crippen MR) is 83.9 cm³/mol. The highest BCUT2D eigenvalue weighted by atomic mass is 32.2. The average Bonchev–Trinajstić information content (AvgIpc) is 2.92. The van der Waals surface area contributed by atoms with E-state index in [4.69, 9.17) is 4.74 Å². The van der Waals surface area contributed by atoms with Crippen molar-refractivity contribution in [3.05, 3.63) is 0 Å². The van der Waals surface area contributed by atoms with Crippen LogP contribution < -0.4 is 10.0 Å². The van der Waals surface area contributed by atoms with Crippen LogP contribution in [0.3, 0.4) is 0 Å². The molecule has 6 nitrogen and oxygen atoms in total. The molecule has 2 N–H and O–H groups in total. The van der Waals surface area contributed by atoms with Gasteiger partial charge in [-0.05, 0) is 39.3 Å². The Morgan fingerprint density at radius 3 is 3.00 bits per heavy atom. The van der Waals surface area contributed by atoms with Crippen molar-refractivity contribution in [1.29, 1.82) is 0 Å². The van der Waals surface area contributed by atoms with E-state index in [2.05, 4.69) is 21.9 Å². The summed E-state index contributed by atoms with van der Waals surface area (Å²) in [6.07, 6.45) is 3.42. The van der Waals surface area contributed by atoms with Gasteiger partial charge in [-0.25, -0.2) is 13.1 Å². The van der Waals surface area contributed by atoms with Crippen LogP contribution in [0.2, 0.25) is 0 Å². The van der Waals surface area contributed by atoms with Crippen molar-refractivity contribution in [3.63, 3.8) is 0 Å². The number of rotatable bonds is 8. The molecule has 2 aliphatic rings. The Labute approximate surface area is 128 Å². The van der Waals surface area contributed by atoms with Crippen LogP contribution in [0.1, 0.15) is 33.1 Å². The lowest BCUT2D eigenvalue weighted by atomic mass is 10.2. The van der Waals surface area contributed by atoms with E-state index in [0.29, 0.717) is 19.1 Å². The molecule has 124 valence electrons. The Kier molecular flexibility index (Phi) is 6.43. The van der Waals surface area contributed by atoms with Gasteiger partial charge in [0.05, 0.1) is 18.0 Å². The van der Waals surface area contributed by atoms with Crippen molar-refractivity contribution in [3.8, 4) is 0 Å². The zero-order chi connectivity index (χ0) is 15.3. The van der Waals surface area contributed by atoms with Gasteiger partial charge in [0.15, 0.2) is 0 Å². The van der Waals surface area contributed by atoms with Gasteiger partial charge in [0, 0.05) is 25.7 Å². The summed E-state index contributed by atoms with van der Waals surface area (Å²) >= 11 is 0. The highest BCUT2D eigenvalue weighted by molar-refractivity contribution is 7.90. The molecule has 0 saturated carbocycles. The molecule has 0 aromatic carbocycles. The van der Waals surface area contributed by atoms with Gasteiger partial charge in [-0.15, -0.1) is 0 Å². The van der Waals surface area contributed by atoms with Gasteiger partial charge in [-0.2, -0.15) is 0 Å². The number of fused-ring (bicyclic) bond motifs is 1. The number of sulfonamides is 1. The van der Waals surface area contributed by atoms with Crippen molar-refractivity contribution in [2.75, 3.05) is 39.3 Å². The van der Waals surface area contributed by atoms with Gasteiger partial charge < -0.3 is 10.1 Å². The van der Waals surface area contributed by atoms with Gasteiger partial charge in [0.2, 0.25) is 10.0 Å². The van der Waals surface area contributed by atoms with Crippen LogP contribution in [0.25, 0.3) is 0 Å². The molecular weight excluding hydrogens is 290 g/mol. The first-order valence-corrected chi connectivity index (χ1v) is 9.62. The largest absolute Gasteiger partial charge is 0.374 e. The van der Waals surface area contributed by atoms with Gasteiger partial charge in [-0.3, -0.25) is 4.90 Å². The fourth-order valence-corrected chi connectivity index (χ4v) is 3.99. The maximum Gasteiger partial charge on any atom is 0.215 e. The van der Waals surface area contributed by atoms with E-state index in [9.17, 15) is 8.42 Å². The third-order valence-electron chi connectivity index (χ3n) is 4.36. The minimum Gasteiger partial charge on any atom is -0.374 e. The first-order chi connectivity index (χ1) is 10.0. The van der Waals surface area contributed by atoms with Crippen LogP contribution in [0.15, 0.2) is 0 Å². The topological polar surface area (TPSA) is 70.7 Å². The number of nitrogens with one attached hydrogen (secondary N) is 2. The van der Waals surface area contributed by atoms with Crippen LogP contribution in [0.5, 0.6) is 0 Å². The fourth-order valence-electron chi connectivity index (χ4n) is 2.95. The van der Waals surface area contributed by atoms with E-state index < -0.39 is 15.3 Å². The first kappa shape index (κ1) is 17.1. The highest BCUT2D eigenvalue weighted by Gasteiger charge is 2.33. The summed E-state index contributed by atoms with van der Waals surface area (Å²) in [6, 6.07) is 0.551. The molecule has 0 bridgehead atoms. The van der Waals surface area contributed by atoms with Crippen LogP contribution in [-0.2, 0) is 14.8 Å². The Hall–Kier alpha value is -0.210. The van der Waals surface area contributed by atoms with Crippen molar-refractivity contribution in [1.82, 2.24) is 14.9 Å².